The fourth-order valence-electron chi connectivity index (χ4n) is 2.78. The molecule has 0 spiro atoms. The molecule has 0 aliphatic heterocycles. The summed E-state index contributed by atoms with van der Waals surface area (Å²) in [5.74, 6) is -0.734. The molecule has 1 fully saturated rings. The summed E-state index contributed by atoms with van der Waals surface area (Å²) >= 11 is 1.46. The molecule has 0 radical (unpaired) electrons. The van der Waals surface area contributed by atoms with Gasteiger partial charge < -0.3 is 4.42 Å². The normalized spacial score (nSPS) is 14.7. The second kappa shape index (κ2) is 7.67. The molecular formula is C18H17F2N3O3S2. The standard InChI is InChI=1S/C18H17F2N3O3S2/c19-17(20)28(24,25)15-7-3-12(4-8-15)11-27-18-22-21-16(13-5-6-13)23(18)10-14-2-1-9-26-14/h1-4,7-9,13,17H,5-6,10-11H2. The number of furan rings is 1. The van der Waals surface area contributed by atoms with E-state index in [4.69, 9.17) is 4.42 Å². The first kappa shape index (κ1) is 19.1. The van der Waals surface area contributed by atoms with Crippen LogP contribution in [-0.4, -0.2) is 28.9 Å². The molecular weight excluding hydrogens is 408 g/mol. The predicted octanol–water partition coefficient (Wildman–Crippen LogP) is 4.09. The smallest absolute Gasteiger partial charge is 0.341 e. The lowest BCUT2D eigenvalue weighted by Crippen LogP contribution is -2.11. The Labute approximate surface area is 164 Å². The Balaban J connectivity index is 1.49. The third-order valence-corrected chi connectivity index (χ3v) is 6.87. The van der Waals surface area contributed by atoms with E-state index in [1.807, 2.05) is 16.7 Å². The maximum Gasteiger partial charge on any atom is 0.341 e. The molecule has 1 aliphatic carbocycles. The summed E-state index contributed by atoms with van der Waals surface area (Å²) < 4.78 is 55.7. The van der Waals surface area contributed by atoms with Crippen LogP contribution in [0.25, 0.3) is 0 Å². The van der Waals surface area contributed by atoms with Gasteiger partial charge in [0.05, 0.1) is 17.7 Å². The van der Waals surface area contributed by atoms with E-state index in [1.165, 1.54) is 36.0 Å². The molecule has 6 nitrogen and oxygen atoms in total. The summed E-state index contributed by atoms with van der Waals surface area (Å²) in [7, 11) is -4.57. The number of rotatable bonds is 8. The van der Waals surface area contributed by atoms with Crippen molar-refractivity contribution < 1.29 is 21.6 Å². The van der Waals surface area contributed by atoms with E-state index in [1.54, 1.807) is 6.26 Å². The van der Waals surface area contributed by atoms with E-state index in [2.05, 4.69) is 10.2 Å². The molecule has 2 aromatic heterocycles. The molecule has 0 N–H and O–H groups in total. The number of hydrogen-bond donors (Lipinski definition) is 0. The second-order valence-electron chi connectivity index (χ2n) is 6.52. The van der Waals surface area contributed by atoms with Gasteiger partial charge in [0.25, 0.3) is 0 Å². The number of hydrogen-bond acceptors (Lipinski definition) is 6. The van der Waals surface area contributed by atoms with Gasteiger partial charge in [-0.25, -0.2) is 8.42 Å². The van der Waals surface area contributed by atoms with Crippen LogP contribution < -0.4 is 0 Å². The third kappa shape index (κ3) is 3.97. The molecule has 0 amide bonds. The summed E-state index contributed by atoms with van der Waals surface area (Å²) in [5.41, 5.74) is 0.804. The maximum atomic E-state index is 12.6. The van der Waals surface area contributed by atoms with Crippen LogP contribution in [0, 0.1) is 0 Å². The van der Waals surface area contributed by atoms with Crippen molar-refractivity contribution in [2.24, 2.45) is 0 Å². The van der Waals surface area contributed by atoms with Crippen LogP contribution in [0.4, 0.5) is 8.78 Å². The van der Waals surface area contributed by atoms with Crippen molar-refractivity contribution in [2.45, 2.75) is 46.9 Å². The molecule has 0 saturated heterocycles. The van der Waals surface area contributed by atoms with E-state index >= 15 is 0 Å². The fourth-order valence-corrected chi connectivity index (χ4v) is 4.41. The summed E-state index contributed by atoms with van der Waals surface area (Å²) in [6.07, 6.45) is 3.82. The van der Waals surface area contributed by atoms with Gasteiger partial charge in [0.1, 0.15) is 11.6 Å². The van der Waals surface area contributed by atoms with Crippen molar-refractivity contribution in [3.8, 4) is 0 Å². The highest BCUT2D eigenvalue weighted by Gasteiger charge is 2.31. The zero-order valence-corrected chi connectivity index (χ0v) is 16.3. The van der Waals surface area contributed by atoms with Gasteiger partial charge in [-0.05, 0) is 42.7 Å². The van der Waals surface area contributed by atoms with Crippen LogP contribution in [0.3, 0.4) is 0 Å². The van der Waals surface area contributed by atoms with Gasteiger partial charge in [-0.1, -0.05) is 23.9 Å². The third-order valence-electron chi connectivity index (χ3n) is 4.44. The van der Waals surface area contributed by atoms with E-state index in [0.717, 1.165) is 35.1 Å². The molecule has 4 rings (SSSR count). The molecule has 28 heavy (non-hydrogen) atoms. The van der Waals surface area contributed by atoms with Gasteiger partial charge in [0.2, 0.25) is 9.84 Å². The topological polar surface area (TPSA) is 78.0 Å². The highest BCUT2D eigenvalue weighted by atomic mass is 32.2. The number of sulfone groups is 1. The Morgan fingerprint density at radius 1 is 1.18 bits per heavy atom. The van der Waals surface area contributed by atoms with Crippen LogP contribution in [0.15, 0.2) is 57.1 Å². The Hall–Kier alpha value is -2.20. The minimum atomic E-state index is -4.57. The van der Waals surface area contributed by atoms with Crippen LogP contribution in [0.1, 0.15) is 35.9 Å². The average Bonchev–Trinajstić information content (AvgIpc) is 3.24. The number of alkyl halides is 2. The van der Waals surface area contributed by atoms with Crippen LogP contribution in [0.2, 0.25) is 0 Å². The predicted molar refractivity (Wildman–Crippen MR) is 99.0 cm³/mol. The van der Waals surface area contributed by atoms with E-state index in [9.17, 15) is 17.2 Å². The Bertz CT molecular complexity index is 1040. The maximum absolute atomic E-state index is 12.6. The first-order valence-corrected chi connectivity index (χ1v) is 11.2. The zero-order valence-electron chi connectivity index (χ0n) is 14.7. The van der Waals surface area contributed by atoms with Gasteiger partial charge >= 0.3 is 5.76 Å². The molecule has 3 aromatic rings. The van der Waals surface area contributed by atoms with Crippen LogP contribution in [0.5, 0.6) is 0 Å². The molecule has 0 bridgehead atoms. The fraction of sp³-hybridized carbons (Fsp3) is 0.333. The van der Waals surface area contributed by atoms with Gasteiger partial charge in [-0.15, -0.1) is 10.2 Å². The van der Waals surface area contributed by atoms with E-state index < -0.39 is 15.6 Å². The number of nitrogens with zero attached hydrogens (tertiary/aromatic N) is 3. The summed E-state index contributed by atoms with van der Waals surface area (Å²) in [6.45, 7) is 0.541. The average molecular weight is 425 g/mol. The number of benzene rings is 1. The van der Waals surface area contributed by atoms with Crippen LogP contribution >= 0.6 is 11.8 Å². The minimum absolute atomic E-state index is 0.381. The van der Waals surface area contributed by atoms with Crippen molar-refractivity contribution in [3.05, 3.63) is 59.8 Å². The summed E-state index contributed by atoms with van der Waals surface area (Å²) in [4.78, 5) is -0.381. The Morgan fingerprint density at radius 3 is 2.54 bits per heavy atom. The monoisotopic (exact) mass is 425 g/mol. The lowest BCUT2D eigenvalue weighted by molar-refractivity contribution is 0.234. The van der Waals surface area contributed by atoms with E-state index in [0.29, 0.717) is 18.2 Å². The molecule has 148 valence electrons. The molecule has 1 aliphatic rings. The Morgan fingerprint density at radius 2 is 1.93 bits per heavy atom. The van der Waals surface area contributed by atoms with Crippen molar-refractivity contribution in [2.75, 3.05) is 0 Å². The first-order valence-electron chi connectivity index (χ1n) is 8.64. The Kier molecular flexibility index (Phi) is 5.24. The largest absolute Gasteiger partial charge is 0.467 e. The summed E-state index contributed by atoms with van der Waals surface area (Å²) in [6, 6.07) is 9.22. The van der Waals surface area contributed by atoms with E-state index in [-0.39, 0.29) is 4.90 Å². The zero-order chi connectivity index (χ0) is 19.7. The number of aromatic nitrogens is 3. The van der Waals surface area contributed by atoms with Gasteiger partial charge in [-0.2, -0.15) is 8.78 Å². The quantitative estimate of drug-likeness (QED) is 0.506. The number of thioether (sulfide) groups is 1. The lowest BCUT2D eigenvalue weighted by Gasteiger charge is -2.08. The highest BCUT2D eigenvalue weighted by Crippen LogP contribution is 2.40. The van der Waals surface area contributed by atoms with Gasteiger partial charge in [-0.3, -0.25) is 4.57 Å². The van der Waals surface area contributed by atoms with Gasteiger partial charge in [0.15, 0.2) is 5.16 Å². The van der Waals surface area contributed by atoms with Crippen molar-refractivity contribution >= 4 is 21.6 Å². The van der Waals surface area contributed by atoms with Crippen molar-refractivity contribution in [3.63, 3.8) is 0 Å². The van der Waals surface area contributed by atoms with Crippen molar-refractivity contribution in [1.82, 2.24) is 14.8 Å². The summed E-state index contributed by atoms with van der Waals surface area (Å²) in [5, 5.41) is 9.36. The number of halogens is 2. The lowest BCUT2D eigenvalue weighted by atomic mass is 10.2. The molecule has 2 heterocycles. The molecule has 0 atom stereocenters. The molecule has 1 aromatic carbocycles. The molecule has 1 saturated carbocycles. The highest BCUT2D eigenvalue weighted by molar-refractivity contribution is 7.98. The van der Waals surface area contributed by atoms with Crippen molar-refractivity contribution in [1.29, 1.82) is 0 Å². The minimum Gasteiger partial charge on any atom is -0.467 e. The SMILES string of the molecule is O=S(=O)(c1ccc(CSc2nnc(C3CC3)n2Cc2ccco2)cc1)C(F)F. The van der Waals surface area contributed by atoms with Gasteiger partial charge in [0, 0.05) is 11.7 Å². The van der Waals surface area contributed by atoms with Crippen LogP contribution in [-0.2, 0) is 22.1 Å². The molecule has 10 heteroatoms. The second-order valence-corrected chi connectivity index (χ2v) is 9.38. The first-order chi connectivity index (χ1) is 13.4. The molecule has 0 unspecified atom stereocenters.